The third-order valence-corrected chi connectivity index (χ3v) is 3.86. The lowest BCUT2D eigenvalue weighted by Gasteiger charge is -2.10. The Bertz CT molecular complexity index is 840. The summed E-state index contributed by atoms with van der Waals surface area (Å²) in [6.45, 7) is 4.71. The van der Waals surface area contributed by atoms with E-state index in [4.69, 9.17) is 0 Å². The first kappa shape index (κ1) is 20.9. The van der Waals surface area contributed by atoms with Crippen molar-refractivity contribution in [3.05, 3.63) is 66.0 Å². The van der Waals surface area contributed by atoms with Gasteiger partial charge in [-0.05, 0) is 12.5 Å². The lowest BCUT2D eigenvalue weighted by Crippen LogP contribution is -2.37. The molecule has 2 N–H and O–H groups in total. The zero-order valence-electron chi connectivity index (χ0n) is 15.5. The lowest BCUT2D eigenvalue weighted by molar-refractivity contribution is 0.673. The summed E-state index contributed by atoms with van der Waals surface area (Å²) < 4.78 is 3.67. The first-order chi connectivity index (χ1) is 12.7. The van der Waals surface area contributed by atoms with Crippen molar-refractivity contribution in [2.45, 2.75) is 26.6 Å². The van der Waals surface area contributed by atoms with Crippen molar-refractivity contribution in [2.75, 3.05) is 6.54 Å². The number of hydrogen-bond acceptors (Lipinski definition) is 4. The number of nitrogens with zero attached hydrogens (tertiary/aromatic N) is 6. The normalized spacial score (nSPS) is 11.1. The van der Waals surface area contributed by atoms with Crippen molar-refractivity contribution in [1.82, 2.24) is 35.2 Å². The molecular formula is C18H25IN8. The maximum absolute atomic E-state index is 4.62. The highest BCUT2D eigenvalue weighted by molar-refractivity contribution is 14.0. The van der Waals surface area contributed by atoms with Gasteiger partial charge in [0, 0.05) is 25.4 Å². The standard InChI is InChI=1S/C18H24N8.HI/c1-3-19-18(21-11-17-22-14-24-25(17)2)20-9-16-10-23-26(13-16)12-15-7-5-4-6-8-15;/h4-8,10,13-14H,3,9,11-12H2,1-2H3,(H2,19,20,21);1H. The van der Waals surface area contributed by atoms with Crippen LogP contribution in [0.4, 0.5) is 0 Å². The van der Waals surface area contributed by atoms with Crippen LogP contribution >= 0.6 is 24.0 Å². The summed E-state index contributed by atoms with van der Waals surface area (Å²) in [5, 5.41) is 15.0. The minimum absolute atomic E-state index is 0. The number of aryl methyl sites for hydroxylation is 1. The Morgan fingerprint density at radius 2 is 1.93 bits per heavy atom. The summed E-state index contributed by atoms with van der Waals surface area (Å²) in [4.78, 5) is 8.82. The van der Waals surface area contributed by atoms with Crippen molar-refractivity contribution in [3.63, 3.8) is 0 Å². The van der Waals surface area contributed by atoms with E-state index >= 15 is 0 Å². The summed E-state index contributed by atoms with van der Waals surface area (Å²) >= 11 is 0. The van der Waals surface area contributed by atoms with Crippen LogP contribution in [0.15, 0.2) is 54.0 Å². The Kier molecular flexibility index (Phi) is 8.24. The van der Waals surface area contributed by atoms with E-state index in [9.17, 15) is 0 Å². The van der Waals surface area contributed by atoms with Gasteiger partial charge in [0.15, 0.2) is 5.96 Å². The van der Waals surface area contributed by atoms with Gasteiger partial charge >= 0.3 is 0 Å². The molecule has 0 fully saturated rings. The van der Waals surface area contributed by atoms with Crippen molar-refractivity contribution >= 4 is 29.9 Å². The molecule has 8 nitrogen and oxygen atoms in total. The predicted octanol–water partition coefficient (Wildman–Crippen LogP) is 1.93. The third-order valence-electron chi connectivity index (χ3n) is 3.86. The van der Waals surface area contributed by atoms with Crippen LogP contribution < -0.4 is 10.6 Å². The Hall–Kier alpha value is -2.43. The number of guanidine groups is 1. The number of aromatic nitrogens is 5. The smallest absolute Gasteiger partial charge is 0.191 e. The lowest BCUT2D eigenvalue weighted by atomic mass is 10.2. The number of halogens is 1. The van der Waals surface area contributed by atoms with Gasteiger partial charge in [0.05, 0.1) is 25.8 Å². The molecule has 1 aromatic carbocycles. The van der Waals surface area contributed by atoms with Gasteiger partial charge in [-0.15, -0.1) is 24.0 Å². The molecule has 2 heterocycles. The number of benzene rings is 1. The summed E-state index contributed by atoms with van der Waals surface area (Å²) in [5.41, 5.74) is 2.29. The largest absolute Gasteiger partial charge is 0.357 e. The molecule has 27 heavy (non-hydrogen) atoms. The van der Waals surface area contributed by atoms with Crippen LogP contribution in [0, 0.1) is 0 Å². The maximum Gasteiger partial charge on any atom is 0.191 e. The van der Waals surface area contributed by atoms with Crippen LogP contribution in [-0.4, -0.2) is 37.0 Å². The van der Waals surface area contributed by atoms with E-state index in [-0.39, 0.29) is 24.0 Å². The fourth-order valence-corrected chi connectivity index (χ4v) is 2.50. The van der Waals surface area contributed by atoms with Crippen LogP contribution in [0.3, 0.4) is 0 Å². The molecule has 2 aromatic heterocycles. The summed E-state index contributed by atoms with van der Waals surface area (Å²) in [6, 6.07) is 10.3. The molecule has 0 unspecified atom stereocenters. The molecule has 144 valence electrons. The zero-order valence-corrected chi connectivity index (χ0v) is 17.9. The fraction of sp³-hybridized carbons (Fsp3) is 0.333. The van der Waals surface area contributed by atoms with Gasteiger partial charge in [-0.1, -0.05) is 30.3 Å². The fourth-order valence-electron chi connectivity index (χ4n) is 2.50. The third kappa shape index (κ3) is 6.35. The number of hydrogen-bond donors (Lipinski definition) is 2. The molecule has 3 aromatic rings. The molecule has 0 spiro atoms. The van der Waals surface area contributed by atoms with Gasteiger partial charge in [-0.3, -0.25) is 9.36 Å². The molecule has 0 aliphatic heterocycles. The average Bonchev–Trinajstić information content (AvgIpc) is 3.27. The Morgan fingerprint density at radius 1 is 1.11 bits per heavy atom. The van der Waals surface area contributed by atoms with Crippen molar-refractivity contribution in [2.24, 2.45) is 12.0 Å². The maximum atomic E-state index is 4.62. The van der Waals surface area contributed by atoms with Crippen LogP contribution in [-0.2, 0) is 26.7 Å². The average molecular weight is 480 g/mol. The molecule has 0 amide bonds. The molecule has 0 bridgehead atoms. The topological polar surface area (TPSA) is 84.9 Å². The van der Waals surface area contributed by atoms with E-state index < -0.39 is 0 Å². The number of aliphatic imine (C=N–C) groups is 1. The quantitative estimate of drug-likeness (QED) is 0.307. The minimum atomic E-state index is 0. The monoisotopic (exact) mass is 480 g/mol. The SMILES string of the molecule is CCNC(=NCc1cnn(Cc2ccccc2)c1)NCc1ncnn1C.I. The highest BCUT2D eigenvalue weighted by Crippen LogP contribution is 2.05. The van der Waals surface area contributed by atoms with E-state index in [1.54, 1.807) is 11.0 Å². The summed E-state index contributed by atoms with van der Waals surface area (Å²) in [5.74, 6) is 1.59. The molecule has 9 heteroatoms. The summed E-state index contributed by atoms with van der Waals surface area (Å²) in [7, 11) is 1.87. The molecule has 0 aliphatic rings. The van der Waals surface area contributed by atoms with E-state index in [1.165, 1.54) is 5.56 Å². The Labute approximate surface area is 176 Å². The van der Waals surface area contributed by atoms with Crippen molar-refractivity contribution < 1.29 is 0 Å². The van der Waals surface area contributed by atoms with Gasteiger partial charge in [0.25, 0.3) is 0 Å². The first-order valence-corrected chi connectivity index (χ1v) is 8.65. The Balaban J connectivity index is 0.00000261. The van der Waals surface area contributed by atoms with Gasteiger partial charge in [-0.2, -0.15) is 10.2 Å². The highest BCUT2D eigenvalue weighted by atomic mass is 127. The van der Waals surface area contributed by atoms with Crippen LogP contribution in [0.1, 0.15) is 23.9 Å². The zero-order chi connectivity index (χ0) is 18.2. The van der Waals surface area contributed by atoms with Crippen LogP contribution in [0.2, 0.25) is 0 Å². The first-order valence-electron chi connectivity index (χ1n) is 8.65. The predicted molar refractivity (Wildman–Crippen MR) is 116 cm³/mol. The molecule has 0 atom stereocenters. The number of rotatable bonds is 7. The second-order valence-electron chi connectivity index (χ2n) is 5.88. The molecular weight excluding hydrogens is 455 g/mol. The van der Waals surface area contributed by atoms with Crippen LogP contribution in [0.25, 0.3) is 0 Å². The van der Waals surface area contributed by atoms with E-state index in [1.807, 2.05) is 49.2 Å². The van der Waals surface area contributed by atoms with Gasteiger partial charge < -0.3 is 10.6 Å². The van der Waals surface area contributed by atoms with E-state index in [2.05, 4.69) is 42.9 Å². The van der Waals surface area contributed by atoms with Gasteiger partial charge in [0.1, 0.15) is 12.2 Å². The molecule has 0 saturated carbocycles. The van der Waals surface area contributed by atoms with Crippen molar-refractivity contribution in [3.8, 4) is 0 Å². The molecule has 0 radical (unpaired) electrons. The molecule has 0 saturated heterocycles. The number of nitrogens with one attached hydrogen (secondary N) is 2. The second kappa shape index (κ2) is 10.7. The van der Waals surface area contributed by atoms with E-state index in [0.29, 0.717) is 13.1 Å². The highest BCUT2D eigenvalue weighted by Gasteiger charge is 2.04. The van der Waals surface area contributed by atoms with Crippen LogP contribution in [0.5, 0.6) is 0 Å². The van der Waals surface area contributed by atoms with E-state index in [0.717, 1.165) is 30.4 Å². The van der Waals surface area contributed by atoms with Gasteiger partial charge in [-0.25, -0.2) is 9.98 Å². The Morgan fingerprint density at radius 3 is 2.63 bits per heavy atom. The summed E-state index contributed by atoms with van der Waals surface area (Å²) in [6.07, 6.45) is 5.43. The minimum Gasteiger partial charge on any atom is -0.357 e. The van der Waals surface area contributed by atoms with Gasteiger partial charge in [0.2, 0.25) is 0 Å². The molecule has 0 aliphatic carbocycles. The second-order valence-corrected chi connectivity index (χ2v) is 5.88. The van der Waals surface area contributed by atoms with Crippen molar-refractivity contribution in [1.29, 1.82) is 0 Å². The molecule has 3 rings (SSSR count).